The van der Waals surface area contributed by atoms with Crippen molar-refractivity contribution in [3.05, 3.63) is 52.7 Å². The highest BCUT2D eigenvalue weighted by Crippen LogP contribution is 2.33. The van der Waals surface area contributed by atoms with E-state index in [-0.39, 0.29) is 0 Å². The van der Waals surface area contributed by atoms with E-state index in [1.54, 1.807) is 7.11 Å². The predicted molar refractivity (Wildman–Crippen MR) is 118 cm³/mol. The summed E-state index contributed by atoms with van der Waals surface area (Å²) < 4.78 is 10.6. The van der Waals surface area contributed by atoms with Gasteiger partial charge in [0.15, 0.2) is 0 Å². The molecule has 0 amide bonds. The van der Waals surface area contributed by atoms with Crippen LogP contribution in [0.1, 0.15) is 41.8 Å². The second-order valence-corrected chi connectivity index (χ2v) is 8.75. The van der Waals surface area contributed by atoms with Gasteiger partial charge in [0, 0.05) is 36.0 Å². The number of aromatic nitrogens is 1. The molecule has 1 aromatic heterocycles. The van der Waals surface area contributed by atoms with Gasteiger partial charge in [-0.2, -0.15) is 11.8 Å². The highest BCUT2D eigenvalue weighted by atomic mass is 32.2. The number of ether oxygens (including phenoxy) is 2. The second-order valence-electron chi connectivity index (χ2n) is 7.61. The van der Waals surface area contributed by atoms with Gasteiger partial charge in [0.05, 0.1) is 13.7 Å². The molecule has 1 aromatic carbocycles. The minimum atomic E-state index is 0.511. The lowest BCUT2D eigenvalue weighted by Crippen LogP contribution is -2.24. The molecule has 2 atom stereocenters. The first-order valence-electron chi connectivity index (χ1n) is 10.0. The van der Waals surface area contributed by atoms with Crippen molar-refractivity contribution in [1.82, 2.24) is 9.88 Å². The minimum absolute atomic E-state index is 0.511. The van der Waals surface area contributed by atoms with E-state index < -0.39 is 0 Å². The fourth-order valence-corrected chi connectivity index (χ4v) is 4.54. The number of fused-ring (bicyclic) bond motifs is 1. The van der Waals surface area contributed by atoms with Gasteiger partial charge in [0.2, 0.25) is 5.88 Å². The molecule has 0 aliphatic carbocycles. The predicted octanol–water partition coefficient (Wildman–Crippen LogP) is 4.83. The molecule has 3 heterocycles. The largest absolute Gasteiger partial charge is 0.493 e. The Balaban J connectivity index is 0.000000192. The van der Waals surface area contributed by atoms with Crippen molar-refractivity contribution in [2.24, 2.45) is 0 Å². The van der Waals surface area contributed by atoms with Gasteiger partial charge >= 0.3 is 0 Å². The van der Waals surface area contributed by atoms with Crippen LogP contribution in [0.5, 0.6) is 11.6 Å². The molecule has 2 aliphatic heterocycles. The molecule has 2 aromatic rings. The number of hydrogen-bond acceptors (Lipinski definition) is 5. The molecule has 4 nitrogen and oxygen atoms in total. The summed E-state index contributed by atoms with van der Waals surface area (Å²) in [5.41, 5.74) is 4.95. The summed E-state index contributed by atoms with van der Waals surface area (Å²) in [6, 6.07) is 11.2. The van der Waals surface area contributed by atoms with Crippen molar-refractivity contribution in [2.45, 2.75) is 44.9 Å². The summed E-state index contributed by atoms with van der Waals surface area (Å²) >= 11 is 2.00. The molecular weight excluding hydrogens is 368 g/mol. The Hall–Kier alpha value is -1.72. The van der Waals surface area contributed by atoms with E-state index in [1.807, 2.05) is 37.7 Å². The number of likely N-dealkylation sites (tertiary alicyclic amines) is 1. The number of rotatable bonds is 4. The van der Waals surface area contributed by atoms with Gasteiger partial charge in [0.25, 0.3) is 0 Å². The molecule has 5 heteroatoms. The molecule has 0 bridgehead atoms. The molecule has 0 radical (unpaired) electrons. The van der Waals surface area contributed by atoms with Crippen LogP contribution in [0.15, 0.2) is 30.3 Å². The summed E-state index contributed by atoms with van der Waals surface area (Å²) in [5, 5.41) is 0.818. The maximum absolute atomic E-state index is 5.67. The van der Waals surface area contributed by atoms with E-state index >= 15 is 0 Å². The molecule has 152 valence electrons. The van der Waals surface area contributed by atoms with Crippen LogP contribution in [0.25, 0.3) is 0 Å². The number of pyridine rings is 1. The first kappa shape index (κ1) is 21.0. The van der Waals surface area contributed by atoms with Gasteiger partial charge in [-0.25, -0.2) is 4.98 Å². The highest BCUT2D eigenvalue weighted by molar-refractivity contribution is 7.99. The van der Waals surface area contributed by atoms with Gasteiger partial charge in [-0.05, 0) is 68.8 Å². The van der Waals surface area contributed by atoms with E-state index in [0.29, 0.717) is 11.9 Å². The lowest BCUT2D eigenvalue weighted by atomic mass is 10.0. The van der Waals surface area contributed by atoms with E-state index in [2.05, 4.69) is 41.3 Å². The van der Waals surface area contributed by atoms with E-state index in [9.17, 15) is 0 Å². The van der Waals surface area contributed by atoms with Crippen LogP contribution in [0.4, 0.5) is 0 Å². The van der Waals surface area contributed by atoms with Gasteiger partial charge < -0.3 is 9.47 Å². The molecule has 1 fully saturated rings. The first-order chi connectivity index (χ1) is 13.5. The Morgan fingerprint density at radius 3 is 2.75 bits per heavy atom. The zero-order valence-corrected chi connectivity index (χ0v) is 18.5. The molecule has 0 N–H and O–H groups in total. The Bertz CT molecular complexity index is 776. The summed E-state index contributed by atoms with van der Waals surface area (Å²) in [4.78, 5) is 6.73. The van der Waals surface area contributed by atoms with E-state index in [4.69, 9.17) is 9.47 Å². The van der Waals surface area contributed by atoms with Crippen LogP contribution < -0.4 is 9.47 Å². The van der Waals surface area contributed by atoms with Crippen LogP contribution in [-0.4, -0.2) is 48.2 Å². The van der Waals surface area contributed by atoms with E-state index in [0.717, 1.165) is 29.7 Å². The normalized spacial score (nSPS) is 19.4. The van der Waals surface area contributed by atoms with Crippen LogP contribution in [0.2, 0.25) is 0 Å². The van der Waals surface area contributed by atoms with Crippen LogP contribution in [0, 0.1) is 13.8 Å². The molecule has 0 spiro atoms. The van der Waals surface area contributed by atoms with Crippen molar-refractivity contribution in [1.29, 1.82) is 0 Å². The lowest BCUT2D eigenvalue weighted by molar-refractivity contribution is 0.263. The van der Waals surface area contributed by atoms with Crippen molar-refractivity contribution in [3.8, 4) is 11.6 Å². The Kier molecular flexibility index (Phi) is 7.24. The standard InChI is InChI=1S/C15H21NOS.C8H11NO/c1-11(16-7-5-14(10-16)18-2)13-4-3-12-6-8-17-15(12)9-13;1-6-4-7(2)9-8(5-6)10-3/h3-4,9,11,14H,5-8,10H2,1-2H3;4-5H,1-3H3. The van der Waals surface area contributed by atoms with Crippen molar-refractivity contribution in [2.75, 3.05) is 33.1 Å². The zero-order valence-electron chi connectivity index (χ0n) is 17.7. The number of hydrogen-bond donors (Lipinski definition) is 0. The molecule has 0 saturated carbocycles. The average Bonchev–Trinajstić information content (AvgIpc) is 3.35. The highest BCUT2D eigenvalue weighted by Gasteiger charge is 2.26. The number of aryl methyl sites for hydroxylation is 2. The Labute approximate surface area is 173 Å². The Morgan fingerprint density at radius 2 is 2.07 bits per heavy atom. The molecular formula is C23H32N2O2S. The first-order valence-corrected chi connectivity index (χ1v) is 11.3. The Morgan fingerprint density at radius 1 is 1.25 bits per heavy atom. The fraction of sp³-hybridized carbons (Fsp3) is 0.522. The van der Waals surface area contributed by atoms with Gasteiger partial charge in [0.1, 0.15) is 5.75 Å². The third kappa shape index (κ3) is 5.21. The van der Waals surface area contributed by atoms with Crippen LogP contribution in [-0.2, 0) is 6.42 Å². The SMILES string of the molecule is COc1cc(C)cc(C)n1.CSC1CCN(C(C)c2ccc3c(c2)OCC3)C1. The topological polar surface area (TPSA) is 34.6 Å². The maximum Gasteiger partial charge on any atom is 0.213 e. The molecule has 4 rings (SSSR count). The average molecular weight is 401 g/mol. The lowest BCUT2D eigenvalue weighted by Gasteiger charge is -2.25. The zero-order chi connectivity index (χ0) is 20.1. The van der Waals surface area contributed by atoms with Crippen LogP contribution >= 0.6 is 11.8 Å². The second kappa shape index (κ2) is 9.66. The number of benzene rings is 1. The summed E-state index contributed by atoms with van der Waals surface area (Å²) in [7, 11) is 1.63. The molecule has 28 heavy (non-hydrogen) atoms. The third-order valence-corrected chi connectivity index (χ3v) is 6.59. The fourth-order valence-electron chi connectivity index (χ4n) is 3.86. The van der Waals surface area contributed by atoms with Gasteiger partial charge in [-0.15, -0.1) is 0 Å². The molecule has 2 unspecified atom stereocenters. The summed E-state index contributed by atoms with van der Waals surface area (Å²) in [5.74, 6) is 1.80. The van der Waals surface area contributed by atoms with E-state index in [1.165, 1.54) is 36.2 Å². The number of thioether (sulfide) groups is 1. The van der Waals surface area contributed by atoms with Crippen molar-refractivity contribution >= 4 is 11.8 Å². The molecule has 2 aliphatic rings. The van der Waals surface area contributed by atoms with Gasteiger partial charge in [-0.1, -0.05) is 12.1 Å². The number of nitrogens with zero attached hydrogens (tertiary/aromatic N) is 2. The summed E-state index contributed by atoms with van der Waals surface area (Å²) in [6.07, 6.45) is 4.62. The van der Waals surface area contributed by atoms with Crippen molar-refractivity contribution in [3.63, 3.8) is 0 Å². The maximum atomic E-state index is 5.67. The molecule has 1 saturated heterocycles. The minimum Gasteiger partial charge on any atom is -0.493 e. The van der Waals surface area contributed by atoms with Crippen molar-refractivity contribution < 1.29 is 9.47 Å². The summed E-state index contributed by atoms with van der Waals surface area (Å²) in [6.45, 7) is 9.60. The number of methoxy groups -OCH3 is 1. The quantitative estimate of drug-likeness (QED) is 0.735. The van der Waals surface area contributed by atoms with Crippen LogP contribution in [0.3, 0.4) is 0 Å². The third-order valence-electron chi connectivity index (χ3n) is 5.54. The van der Waals surface area contributed by atoms with Gasteiger partial charge in [-0.3, -0.25) is 4.90 Å². The smallest absolute Gasteiger partial charge is 0.213 e. The monoisotopic (exact) mass is 400 g/mol.